The normalized spacial score (nSPS) is 12.1. The SMILES string of the molecule is CCc1ccsc1C(=O)N(C)CCC(N)C(C)C.Cl. The van der Waals surface area contributed by atoms with E-state index in [1.807, 2.05) is 18.5 Å². The molecule has 1 unspecified atom stereocenters. The smallest absolute Gasteiger partial charge is 0.263 e. The largest absolute Gasteiger partial charge is 0.341 e. The predicted octanol–water partition coefficient (Wildman–Crippen LogP) is 3.18. The molecule has 1 amide bonds. The summed E-state index contributed by atoms with van der Waals surface area (Å²) >= 11 is 1.53. The van der Waals surface area contributed by atoms with Crippen LogP contribution in [0.2, 0.25) is 0 Å². The van der Waals surface area contributed by atoms with Gasteiger partial charge in [0.1, 0.15) is 0 Å². The van der Waals surface area contributed by atoms with Gasteiger partial charge in [0, 0.05) is 19.6 Å². The van der Waals surface area contributed by atoms with Crippen LogP contribution in [0.15, 0.2) is 11.4 Å². The summed E-state index contributed by atoms with van der Waals surface area (Å²) in [5.74, 6) is 0.583. The molecule has 0 spiro atoms. The Morgan fingerprint density at radius 1 is 1.47 bits per heavy atom. The van der Waals surface area contributed by atoms with E-state index < -0.39 is 0 Å². The highest BCUT2D eigenvalue weighted by Crippen LogP contribution is 2.19. The van der Waals surface area contributed by atoms with Crippen molar-refractivity contribution in [3.05, 3.63) is 21.9 Å². The number of hydrogen-bond acceptors (Lipinski definition) is 3. The molecule has 1 heterocycles. The van der Waals surface area contributed by atoms with Crippen molar-refractivity contribution in [1.29, 1.82) is 0 Å². The van der Waals surface area contributed by atoms with Crippen LogP contribution >= 0.6 is 23.7 Å². The fourth-order valence-electron chi connectivity index (χ4n) is 1.75. The number of thiophene rings is 1. The molecule has 1 aromatic rings. The predicted molar refractivity (Wildman–Crippen MR) is 85.3 cm³/mol. The second-order valence-corrected chi connectivity index (χ2v) is 5.97. The van der Waals surface area contributed by atoms with E-state index in [0.29, 0.717) is 5.92 Å². The summed E-state index contributed by atoms with van der Waals surface area (Å²) in [4.78, 5) is 14.9. The van der Waals surface area contributed by atoms with Crippen molar-refractivity contribution in [1.82, 2.24) is 4.90 Å². The third-order valence-electron chi connectivity index (χ3n) is 3.32. The molecule has 0 aromatic carbocycles. The van der Waals surface area contributed by atoms with Crippen molar-refractivity contribution in [2.45, 2.75) is 39.7 Å². The topological polar surface area (TPSA) is 46.3 Å². The third kappa shape index (κ3) is 5.13. The molecule has 0 fully saturated rings. The van der Waals surface area contributed by atoms with Crippen LogP contribution in [-0.2, 0) is 6.42 Å². The van der Waals surface area contributed by atoms with Crippen LogP contribution in [0.1, 0.15) is 42.4 Å². The monoisotopic (exact) mass is 304 g/mol. The molecule has 110 valence electrons. The van der Waals surface area contributed by atoms with Gasteiger partial charge < -0.3 is 10.6 Å². The molecule has 0 aliphatic carbocycles. The molecule has 1 aromatic heterocycles. The van der Waals surface area contributed by atoms with Crippen LogP contribution in [0.4, 0.5) is 0 Å². The molecule has 5 heteroatoms. The zero-order chi connectivity index (χ0) is 13.7. The van der Waals surface area contributed by atoms with E-state index in [0.717, 1.165) is 29.8 Å². The van der Waals surface area contributed by atoms with E-state index in [1.54, 1.807) is 4.90 Å². The van der Waals surface area contributed by atoms with E-state index in [2.05, 4.69) is 20.8 Å². The van der Waals surface area contributed by atoms with Crippen LogP contribution in [0.5, 0.6) is 0 Å². The highest BCUT2D eigenvalue weighted by molar-refractivity contribution is 7.12. The fraction of sp³-hybridized carbons (Fsp3) is 0.643. The molecule has 0 aliphatic heterocycles. The van der Waals surface area contributed by atoms with E-state index >= 15 is 0 Å². The van der Waals surface area contributed by atoms with Gasteiger partial charge in [-0.3, -0.25) is 4.79 Å². The van der Waals surface area contributed by atoms with Crippen molar-refractivity contribution in [2.24, 2.45) is 11.7 Å². The van der Waals surface area contributed by atoms with Crippen molar-refractivity contribution in [2.75, 3.05) is 13.6 Å². The first kappa shape index (κ1) is 18.4. The van der Waals surface area contributed by atoms with E-state index in [4.69, 9.17) is 5.73 Å². The fourth-order valence-corrected chi connectivity index (χ4v) is 2.74. The Bertz CT molecular complexity index is 393. The van der Waals surface area contributed by atoms with Crippen LogP contribution < -0.4 is 5.73 Å². The average molecular weight is 305 g/mol. The van der Waals surface area contributed by atoms with Gasteiger partial charge >= 0.3 is 0 Å². The molecule has 0 aliphatic rings. The van der Waals surface area contributed by atoms with Gasteiger partial charge in [-0.1, -0.05) is 20.8 Å². The minimum atomic E-state index is 0. The van der Waals surface area contributed by atoms with Gasteiger partial charge in [-0.15, -0.1) is 23.7 Å². The Balaban J connectivity index is 0.00000324. The number of carbonyl (C=O) groups excluding carboxylic acids is 1. The molecule has 1 atom stereocenters. The number of carbonyl (C=O) groups is 1. The molecule has 2 N–H and O–H groups in total. The first-order valence-electron chi connectivity index (χ1n) is 6.54. The third-order valence-corrected chi connectivity index (χ3v) is 4.27. The minimum Gasteiger partial charge on any atom is -0.341 e. The second kappa shape index (κ2) is 8.56. The number of amides is 1. The zero-order valence-corrected chi connectivity index (χ0v) is 13.8. The molecule has 19 heavy (non-hydrogen) atoms. The highest BCUT2D eigenvalue weighted by Gasteiger charge is 2.17. The van der Waals surface area contributed by atoms with Crippen molar-refractivity contribution in [3.63, 3.8) is 0 Å². The summed E-state index contributed by atoms with van der Waals surface area (Å²) in [6.07, 6.45) is 1.76. The molecular weight excluding hydrogens is 280 g/mol. The Kier molecular flexibility index (Phi) is 8.30. The molecule has 0 radical (unpaired) electrons. The van der Waals surface area contributed by atoms with Crippen LogP contribution in [-0.4, -0.2) is 30.4 Å². The number of halogens is 1. The molecular formula is C14H25ClN2OS. The minimum absolute atomic E-state index is 0. The van der Waals surface area contributed by atoms with Gasteiger partial charge in [-0.25, -0.2) is 0 Å². The summed E-state index contributed by atoms with van der Waals surface area (Å²) in [5, 5.41) is 1.99. The number of hydrogen-bond donors (Lipinski definition) is 1. The lowest BCUT2D eigenvalue weighted by atomic mass is 10.0. The quantitative estimate of drug-likeness (QED) is 0.877. The van der Waals surface area contributed by atoms with Gasteiger partial charge in [0.15, 0.2) is 0 Å². The highest BCUT2D eigenvalue weighted by atomic mass is 35.5. The number of aryl methyl sites for hydroxylation is 1. The van der Waals surface area contributed by atoms with Crippen molar-refractivity contribution >= 4 is 29.7 Å². The maximum Gasteiger partial charge on any atom is 0.263 e. The van der Waals surface area contributed by atoms with Gasteiger partial charge in [-0.2, -0.15) is 0 Å². The summed E-state index contributed by atoms with van der Waals surface area (Å²) in [6, 6.07) is 2.19. The maximum atomic E-state index is 12.3. The van der Waals surface area contributed by atoms with Crippen LogP contribution in [0.25, 0.3) is 0 Å². The Hall–Kier alpha value is -0.580. The second-order valence-electron chi connectivity index (χ2n) is 5.05. The Morgan fingerprint density at radius 2 is 2.11 bits per heavy atom. The molecule has 0 bridgehead atoms. The number of rotatable bonds is 6. The summed E-state index contributed by atoms with van der Waals surface area (Å²) in [7, 11) is 1.86. The molecule has 0 saturated carbocycles. The van der Waals surface area contributed by atoms with Crippen molar-refractivity contribution < 1.29 is 4.79 Å². The maximum absolute atomic E-state index is 12.3. The van der Waals surface area contributed by atoms with Gasteiger partial charge in [-0.05, 0) is 35.8 Å². The molecule has 3 nitrogen and oxygen atoms in total. The van der Waals surface area contributed by atoms with Gasteiger partial charge in [0.25, 0.3) is 5.91 Å². The van der Waals surface area contributed by atoms with Crippen molar-refractivity contribution in [3.8, 4) is 0 Å². The molecule has 1 rings (SSSR count). The lowest BCUT2D eigenvalue weighted by molar-refractivity contribution is 0.0793. The lowest BCUT2D eigenvalue weighted by Crippen LogP contribution is -2.34. The van der Waals surface area contributed by atoms with Gasteiger partial charge in [0.05, 0.1) is 4.88 Å². The standard InChI is InChI=1S/C14H24N2OS.ClH/c1-5-11-7-9-18-13(11)14(17)16(4)8-6-12(15)10(2)3;/h7,9-10,12H,5-6,8,15H2,1-4H3;1H. The zero-order valence-electron chi connectivity index (χ0n) is 12.2. The first-order valence-corrected chi connectivity index (χ1v) is 7.42. The number of nitrogens with two attached hydrogens (primary N) is 1. The van der Waals surface area contributed by atoms with E-state index in [1.165, 1.54) is 11.3 Å². The molecule has 0 saturated heterocycles. The average Bonchev–Trinajstić information content (AvgIpc) is 2.82. The van der Waals surface area contributed by atoms with Gasteiger partial charge in [0.2, 0.25) is 0 Å². The summed E-state index contributed by atoms with van der Waals surface area (Å²) in [5.41, 5.74) is 7.15. The summed E-state index contributed by atoms with van der Waals surface area (Å²) in [6.45, 7) is 7.02. The van der Waals surface area contributed by atoms with Crippen LogP contribution in [0, 0.1) is 5.92 Å². The Morgan fingerprint density at radius 3 is 2.63 bits per heavy atom. The van der Waals surface area contributed by atoms with Crippen LogP contribution in [0.3, 0.4) is 0 Å². The van der Waals surface area contributed by atoms with E-state index in [-0.39, 0.29) is 24.4 Å². The Labute approximate surface area is 126 Å². The first-order chi connectivity index (χ1) is 8.47. The lowest BCUT2D eigenvalue weighted by Gasteiger charge is -2.21. The summed E-state index contributed by atoms with van der Waals surface area (Å²) < 4.78 is 0. The number of nitrogens with zero attached hydrogens (tertiary/aromatic N) is 1. The van der Waals surface area contributed by atoms with E-state index in [9.17, 15) is 4.79 Å².